The number of anilines is 1. The Morgan fingerprint density at radius 2 is 1.96 bits per heavy atom. The number of rotatable bonds is 4. The summed E-state index contributed by atoms with van der Waals surface area (Å²) in [5, 5.41) is 12.0. The summed E-state index contributed by atoms with van der Waals surface area (Å²) in [7, 11) is 0. The maximum absolute atomic E-state index is 12.3. The van der Waals surface area contributed by atoms with Crippen molar-refractivity contribution < 1.29 is 14.3 Å². The van der Waals surface area contributed by atoms with Crippen LogP contribution in [0.15, 0.2) is 52.9 Å². The van der Waals surface area contributed by atoms with Crippen LogP contribution in [0.4, 0.5) is 5.69 Å². The second-order valence-electron chi connectivity index (χ2n) is 4.97. The van der Waals surface area contributed by atoms with Crippen molar-refractivity contribution >= 4 is 29.4 Å². The zero-order chi connectivity index (χ0) is 16.9. The standard InChI is InChI=1S/C18H14N2O3S/c1-24-15-5-2-12(3-6-15)8-13(10-19)18(21)20-14-4-7-16-17(9-14)23-11-22-16/h2-9H,11H2,1H3,(H,20,21)/b13-8+. The Balaban J connectivity index is 1.76. The molecule has 0 aliphatic carbocycles. The van der Waals surface area contributed by atoms with Gasteiger partial charge in [-0.2, -0.15) is 5.26 Å². The molecule has 0 fully saturated rings. The van der Waals surface area contributed by atoms with Gasteiger partial charge in [0.25, 0.3) is 5.91 Å². The van der Waals surface area contributed by atoms with E-state index in [1.807, 2.05) is 36.6 Å². The lowest BCUT2D eigenvalue weighted by Crippen LogP contribution is -2.13. The summed E-state index contributed by atoms with van der Waals surface area (Å²) < 4.78 is 10.5. The fourth-order valence-electron chi connectivity index (χ4n) is 2.19. The number of hydrogen-bond acceptors (Lipinski definition) is 5. The van der Waals surface area contributed by atoms with Crippen LogP contribution in [-0.2, 0) is 4.79 Å². The molecule has 0 aromatic heterocycles. The number of nitrogens with one attached hydrogen (secondary N) is 1. The third-order valence-corrected chi connectivity index (χ3v) is 4.17. The highest BCUT2D eigenvalue weighted by molar-refractivity contribution is 7.98. The fourth-order valence-corrected chi connectivity index (χ4v) is 2.60. The second kappa shape index (κ2) is 7.11. The number of thioether (sulfide) groups is 1. The number of carbonyl (C=O) groups excluding carboxylic acids is 1. The summed E-state index contributed by atoms with van der Waals surface area (Å²) in [4.78, 5) is 13.4. The number of nitrogens with zero attached hydrogens (tertiary/aromatic N) is 1. The highest BCUT2D eigenvalue weighted by atomic mass is 32.2. The molecule has 0 spiro atoms. The molecule has 2 aromatic rings. The Morgan fingerprint density at radius 3 is 2.67 bits per heavy atom. The highest BCUT2D eigenvalue weighted by Gasteiger charge is 2.15. The number of benzene rings is 2. The molecule has 1 aliphatic rings. The van der Waals surface area contributed by atoms with Gasteiger partial charge in [-0.3, -0.25) is 4.79 Å². The molecule has 24 heavy (non-hydrogen) atoms. The molecule has 0 unspecified atom stereocenters. The van der Waals surface area contributed by atoms with Crippen molar-refractivity contribution in [1.82, 2.24) is 0 Å². The largest absolute Gasteiger partial charge is 0.454 e. The number of fused-ring (bicyclic) bond motifs is 1. The van der Waals surface area contributed by atoms with Crippen LogP contribution in [0.25, 0.3) is 6.08 Å². The molecular formula is C18H14N2O3S. The van der Waals surface area contributed by atoms with Gasteiger partial charge in [-0.15, -0.1) is 11.8 Å². The summed E-state index contributed by atoms with van der Waals surface area (Å²) in [5.74, 6) is 0.742. The maximum Gasteiger partial charge on any atom is 0.266 e. The van der Waals surface area contributed by atoms with E-state index in [2.05, 4.69) is 5.32 Å². The quantitative estimate of drug-likeness (QED) is 0.523. The van der Waals surface area contributed by atoms with Crippen LogP contribution in [0.2, 0.25) is 0 Å². The van der Waals surface area contributed by atoms with Gasteiger partial charge < -0.3 is 14.8 Å². The molecule has 1 heterocycles. The first-order chi connectivity index (χ1) is 11.7. The molecule has 0 radical (unpaired) electrons. The number of carbonyl (C=O) groups is 1. The van der Waals surface area contributed by atoms with E-state index in [0.717, 1.165) is 10.5 Å². The molecule has 1 aliphatic heterocycles. The molecule has 0 bridgehead atoms. The summed E-state index contributed by atoms with van der Waals surface area (Å²) in [6.07, 6.45) is 3.55. The van der Waals surface area contributed by atoms with Crippen molar-refractivity contribution in [3.8, 4) is 17.6 Å². The molecule has 0 atom stereocenters. The first kappa shape index (κ1) is 16.0. The van der Waals surface area contributed by atoms with Gasteiger partial charge in [0.2, 0.25) is 6.79 Å². The Hall–Kier alpha value is -2.91. The molecule has 1 N–H and O–H groups in total. The molecule has 0 saturated carbocycles. The van der Waals surface area contributed by atoms with Crippen molar-refractivity contribution in [2.24, 2.45) is 0 Å². The van der Waals surface area contributed by atoms with Crippen molar-refractivity contribution in [2.75, 3.05) is 18.4 Å². The monoisotopic (exact) mass is 338 g/mol. The first-order valence-corrected chi connectivity index (χ1v) is 8.39. The van der Waals surface area contributed by atoms with E-state index in [1.54, 1.807) is 36.0 Å². The predicted molar refractivity (Wildman–Crippen MR) is 93.0 cm³/mol. The summed E-state index contributed by atoms with van der Waals surface area (Å²) in [5.41, 5.74) is 1.37. The average molecular weight is 338 g/mol. The van der Waals surface area contributed by atoms with Gasteiger partial charge in [0.15, 0.2) is 11.5 Å². The molecule has 6 heteroatoms. The van der Waals surface area contributed by atoms with E-state index in [1.165, 1.54) is 0 Å². The molecular weight excluding hydrogens is 324 g/mol. The molecule has 5 nitrogen and oxygen atoms in total. The zero-order valence-electron chi connectivity index (χ0n) is 12.9. The average Bonchev–Trinajstić information content (AvgIpc) is 3.07. The van der Waals surface area contributed by atoms with Gasteiger partial charge >= 0.3 is 0 Å². The summed E-state index contributed by atoms with van der Waals surface area (Å²) in [6.45, 7) is 0.169. The van der Waals surface area contributed by atoms with Gasteiger partial charge in [-0.25, -0.2) is 0 Å². The van der Waals surface area contributed by atoms with Crippen LogP contribution in [-0.4, -0.2) is 19.0 Å². The Labute approximate surface area is 143 Å². The van der Waals surface area contributed by atoms with Crippen LogP contribution in [0.1, 0.15) is 5.56 Å². The van der Waals surface area contributed by atoms with Crippen molar-refractivity contribution in [2.45, 2.75) is 4.90 Å². The molecule has 0 saturated heterocycles. The van der Waals surface area contributed by atoms with Gasteiger partial charge in [-0.05, 0) is 42.2 Å². The molecule has 1 amide bonds. The van der Waals surface area contributed by atoms with E-state index in [9.17, 15) is 10.1 Å². The van der Waals surface area contributed by atoms with Crippen molar-refractivity contribution in [3.63, 3.8) is 0 Å². The molecule has 3 rings (SSSR count). The molecule has 2 aromatic carbocycles. The van der Waals surface area contributed by atoms with E-state index in [0.29, 0.717) is 17.2 Å². The minimum Gasteiger partial charge on any atom is -0.454 e. The van der Waals surface area contributed by atoms with Crippen LogP contribution < -0.4 is 14.8 Å². The van der Waals surface area contributed by atoms with E-state index >= 15 is 0 Å². The lowest BCUT2D eigenvalue weighted by atomic mass is 10.1. The minimum absolute atomic E-state index is 0.0320. The normalized spacial score (nSPS) is 12.6. The van der Waals surface area contributed by atoms with E-state index in [4.69, 9.17) is 9.47 Å². The SMILES string of the molecule is CSc1ccc(/C=C(\C#N)C(=O)Nc2ccc3c(c2)OCO3)cc1. The maximum atomic E-state index is 12.3. The van der Waals surface area contributed by atoms with Crippen molar-refractivity contribution in [1.29, 1.82) is 5.26 Å². The number of ether oxygens (including phenoxy) is 2. The summed E-state index contributed by atoms with van der Waals surface area (Å²) >= 11 is 1.63. The minimum atomic E-state index is -0.467. The van der Waals surface area contributed by atoms with Gasteiger partial charge in [0.05, 0.1) is 0 Å². The van der Waals surface area contributed by atoms with E-state index in [-0.39, 0.29) is 12.4 Å². The fraction of sp³-hybridized carbons (Fsp3) is 0.111. The third-order valence-electron chi connectivity index (χ3n) is 3.42. The lowest BCUT2D eigenvalue weighted by Gasteiger charge is -2.05. The molecule has 120 valence electrons. The van der Waals surface area contributed by atoms with Crippen molar-refractivity contribution in [3.05, 3.63) is 53.6 Å². The van der Waals surface area contributed by atoms with Crippen LogP contribution in [0, 0.1) is 11.3 Å². The van der Waals surface area contributed by atoms with Crippen LogP contribution in [0.3, 0.4) is 0 Å². The lowest BCUT2D eigenvalue weighted by molar-refractivity contribution is -0.112. The Bertz CT molecular complexity index is 838. The second-order valence-corrected chi connectivity index (χ2v) is 5.84. The summed E-state index contributed by atoms with van der Waals surface area (Å²) in [6, 6.07) is 14.7. The predicted octanol–water partition coefficient (Wildman–Crippen LogP) is 3.68. The Kier molecular flexibility index (Phi) is 4.73. The highest BCUT2D eigenvalue weighted by Crippen LogP contribution is 2.34. The number of amides is 1. The zero-order valence-corrected chi connectivity index (χ0v) is 13.7. The number of hydrogen-bond donors (Lipinski definition) is 1. The van der Waals surface area contributed by atoms with Gasteiger partial charge in [-0.1, -0.05) is 12.1 Å². The smallest absolute Gasteiger partial charge is 0.266 e. The van der Waals surface area contributed by atoms with Gasteiger partial charge in [0, 0.05) is 16.6 Å². The topological polar surface area (TPSA) is 71.4 Å². The Morgan fingerprint density at radius 1 is 1.21 bits per heavy atom. The first-order valence-electron chi connectivity index (χ1n) is 7.16. The van der Waals surface area contributed by atoms with Crippen LogP contribution >= 0.6 is 11.8 Å². The number of nitriles is 1. The van der Waals surface area contributed by atoms with Crippen LogP contribution in [0.5, 0.6) is 11.5 Å². The third kappa shape index (κ3) is 3.53. The van der Waals surface area contributed by atoms with Gasteiger partial charge in [0.1, 0.15) is 11.6 Å². The van der Waals surface area contributed by atoms with E-state index < -0.39 is 5.91 Å².